The van der Waals surface area contributed by atoms with E-state index in [4.69, 9.17) is 9.47 Å². The highest BCUT2D eigenvalue weighted by Crippen LogP contribution is 2.33. The van der Waals surface area contributed by atoms with Crippen molar-refractivity contribution in [2.24, 2.45) is 0 Å². The molecule has 0 bridgehead atoms. The topological polar surface area (TPSA) is 157 Å². The molecule has 3 N–H and O–H groups in total. The smallest absolute Gasteiger partial charge is 0.411 e. The summed E-state index contributed by atoms with van der Waals surface area (Å²) in [6.45, 7) is 5.46. The molecule has 1 heterocycles. The molecule has 12 heteroatoms. The fourth-order valence-electron chi connectivity index (χ4n) is 3.77. The number of pyridine rings is 1. The first kappa shape index (κ1) is 29.3. The lowest BCUT2D eigenvalue weighted by Crippen LogP contribution is -2.15. The number of rotatable bonds is 7. The number of aromatic nitrogens is 1. The Labute approximate surface area is 226 Å². The van der Waals surface area contributed by atoms with Crippen molar-refractivity contribution in [2.45, 2.75) is 20.8 Å². The molecule has 0 saturated carbocycles. The summed E-state index contributed by atoms with van der Waals surface area (Å²) in [6, 6.07) is 21.3. The van der Waals surface area contributed by atoms with Crippen LogP contribution >= 0.6 is 0 Å². The fourth-order valence-corrected chi connectivity index (χ4v) is 4.06. The van der Waals surface area contributed by atoms with Crippen molar-refractivity contribution in [3.8, 4) is 11.3 Å². The van der Waals surface area contributed by atoms with Crippen LogP contribution in [0.3, 0.4) is 0 Å². The van der Waals surface area contributed by atoms with Gasteiger partial charge in [0.15, 0.2) is 0 Å². The molecule has 11 nitrogen and oxygen atoms in total. The van der Waals surface area contributed by atoms with Crippen LogP contribution < -0.4 is 15.6 Å². The normalized spacial score (nSPS) is 10.9. The lowest BCUT2D eigenvalue weighted by Gasteiger charge is -2.10. The van der Waals surface area contributed by atoms with Crippen LogP contribution in [0.15, 0.2) is 66.7 Å². The molecule has 0 fully saturated rings. The third-order valence-electron chi connectivity index (χ3n) is 5.23. The van der Waals surface area contributed by atoms with Gasteiger partial charge in [0.2, 0.25) is 21.6 Å². The Kier molecular flexibility index (Phi) is 10.1. The average Bonchev–Trinajstić information content (AvgIpc) is 2.88. The van der Waals surface area contributed by atoms with Crippen LogP contribution in [0.1, 0.15) is 20.8 Å². The summed E-state index contributed by atoms with van der Waals surface area (Å²) in [4.78, 5) is 27.2. The number of benzene rings is 3. The van der Waals surface area contributed by atoms with Gasteiger partial charge in [-0.15, -0.1) is 0 Å². The molecule has 0 spiro atoms. The van der Waals surface area contributed by atoms with Gasteiger partial charge in [-0.2, -0.15) is 0 Å². The molecule has 0 radical (unpaired) electrons. The van der Waals surface area contributed by atoms with Crippen LogP contribution in [0.4, 0.5) is 21.0 Å². The maximum atomic E-state index is 11.9. The Balaban J connectivity index is 0.000000532. The summed E-state index contributed by atoms with van der Waals surface area (Å²) in [5.74, 6) is 0. The van der Waals surface area contributed by atoms with Gasteiger partial charge in [0, 0.05) is 22.7 Å². The molecular weight excluding hydrogens is 526 g/mol. The molecule has 0 unspecified atom stereocenters. The third-order valence-corrected chi connectivity index (χ3v) is 5.75. The first-order valence-corrected chi connectivity index (χ1v) is 13.4. The first-order chi connectivity index (χ1) is 18.6. The Morgan fingerprint density at radius 2 is 1.33 bits per heavy atom. The van der Waals surface area contributed by atoms with Gasteiger partial charge >= 0.3 is 12.2 Å². The van der Waals surface area contributed by atoms with Gasteiger partial charge in [-0.1, -0.05) is 24.3 Å². The van der Waals surface area contributed by atoms with Crippen molar-refractivity contribution in [2.75, 3.05) is 30.5 Å². The molecule has 39 heavy (non-hydrogen) atoms. The van der Waals surface area contributed by atoms with Crippen LogP contribution in [0.2, 0.25) is 0 Å². The molecule has 0 saturated heterocycles. The monoisotopic (exact) mass is 555 g/mol. The van der Waals surface area contributed by atoms with E-state index in [1.165, 1.54) is 6.92 Å². The molecule has 0 aliphatic carbocycles. The number of carbonyl (C=O) groups is 2. The molecule has 0 aliphatic rings. The third kappa shape index (κ3) is 8.37. The summed E-state index contributed by atoms with van der Waals surface area (Å²) in [5.41, 5.74) is 4.02. The second kappa shape index (κ2) is 13.5. The highest BCUT2D eigenvalue weighted by molar-refractivity contribution is 7.80. The Morgan fingerprint density at radius 3 is 1.85 bits per heavy atom. The molecule has 4 aromatic rings. The maximum Gasteiger partial charge on any atom is 0.411 e. The zero-order valence-corrected chi connectivity index (χ0v) is 22.5. The van der Waals surface area contributed by atoms with Crippen LogP contribution in [0.25, 0.3) is 32.9 Å². The first-order valence-electron chi connectivity index (χ1n) is 12.1. The summed E-state index contributed by atoms with van der Waals surface area (Å²) in [5, 5.41) is 8.45. The van der Waals surface area contributed by atoms with Crippen molar-refractivity contribution in [3.63, 3.8) is 0 Å². The zero-order valence-electron chi connectivity index (χ0n) is 21.6. The van der Waals surface area contributed by atoms with Gasteiger partial charge in [-0.05, 0) is 57.2 Å². The second-order valence-electron chi connectivity index (χ2n) is 7.89. The number of hydrogen-bond donors (Lipinski definition) is 2. The number of carbonyl (C=O) groups excluding carboxylic acids is 2. The summed E-state index contributed by atoms with van der Waals surface area (Å²) < 4.78 is 42.0. The predicted octanol–water partition coefficient (Wildman–Crippen LogP) is 5.09. The van der Waals surface area contributed by atoms with Gasteiger partial charge in [-0.25, -0.2) is 23.0 Å². The van der Waals surface area contributed by atoms with Crippen molar-refractivity contribution in [3.05, 3.63) is 66.7 Å². The molecule has 1 aromatic heterocycles. The largest absolute Gasteiger partial charge is 0.726 e. The van der Waals surface area contributed by atoms with E-state index >= 15 is 0 Å². The van der Waals surface area contributed by atoms with E-state index in [-0.39, 0.29) is 6.61 Å². The Morgan fingerprint density at radius 1 is 0.769 bits per heavy atom. The molecule has 2 amide bonds. The van der Waals surface area contributed by atoms with Crippen molar-refractivity contribution < 1.29 is 41.2 Å². The number of aromatic amines is 1. The minimum absolute atomic E-state index is 0.0914. The average molecular weight is 556 g/mol. The number of H-pyrrole nitrogens is 1. The van der Waals surface area contributed by atoms with Crippen molar-refractivity contribution >= 4 is 55.6 Å². The van der Waals surface area contributed by atoms with Gasteiger partial charge < -0.3 is 14.0 Å². The van der Waals surface area contributed by atoms with E-state index in [2.05, 4.69) is 19.8 Å². The van der Waals surface area contributed by atoms with Crippen LogP contribution in [-0.2, 0) is 24.1 Å². The number of nitrogens with one attached hydrogen (secondary N) is 3. The van der Waals surface area contributed by atoms with E-state index in [9.17, 15) is 22.6 Å². The number of hydrogen-bond acceptors (Lipinski definition) is 8. The van der Waals surface area contributed by atoms with Gasteiger partial charge in [0.25, 0.3) is 0 Å². The quantitative estimate of drug-likeness (QED) is 0.181. The van der Waals surface area contributed by atoms with E-state index < -0.39 is 22.6 Å². The minimum atomic E-state index is -4.42. The minimum Gasteiger partial charge on any atom is -0.726 e. The summed E-state index contributed by atoms with van der Waals surface area (Å²) in [7, 11) is -4.42. The van der Waals surface area contributed by atoms with Gasteiger partial charge in [0.1, 0.15) is 0 Å². The highest BCUT2D eigenvalue weighted by atomic mass is 32.3. The highest BCUT2D eigenvalue weighted by Gasteiger charge is 2.18. The zero-order chi connectivity index (χ0) is 28.4. The van der Waals surface area contributed by atoms with Crippen LogP contribution in [-0.4, -0.2) is 45.0 Å². The number of fused-ring (bicyclic) bond motifs is 3. The predicted molar refractivity (Wildman–Crippen MR) is 146 cm³/mol. The van der Waals surface area contributed by atoms with E-state index in [1.54, 1.807) is 13.8 Å². The number of anilines is 2. The van der Waals surface area contributed by atoms with E-state index in [0.717, 1.165) is 32.9 Å². The van der Waals surface area contributed by atoms with E-state index in [0.29, 0.717) is 24.6 Å². The molecule has 0 atom stereocenters. The molecular formula is C27H29N3O8S. The number of ether oxygens (including phenoxy) is 2. The standard InChI is InChI=1S/C25H23N3O4.C2H6O4S/c1-3-31-24(29)26-17-10-12-19-20-13-11-18(27-25(30)32-4-2)15-22(20)28-23(21(19)14-17)16-8-6-5-7-9-16;1-2-6-7(3,4)5/h5-15H,3-4H2,1-2H3,(H,26,29)(H,27,30);2H2,1H3,(H,3,4,5). The van der Waals surface area contributed by atoms with Gasteiger partial charge in [-0.3, -0.25) is 14.8 Å². The van der Waals surface area contributed by atoms with Crippen LogP contribution in [0.5, 0.6) is 0 Å². The molecule has 4 rings (SSSR count). The van der Waals surface area contributed by atoms with Gasteiger partial charge in [0.05, 0.1) is 36.3 Å². The Hall–Kier alpha value is -4.26. The lowest BCUT2D eigenvalue weighted by atomic mass is 9.99. The molecule has 3 aromatic carbocycles. The van der Waals surface area contributed by atoms with Crippen molar-refractivity contribution in [1.29, 1.82) is 0 Å². The SMILES string of the molecule is CCOC(=O)Nc1ccc2c(c1)[nH+]c(-c1ccccc1)c1cc(NC(=O)OCC)ccc12.CCOS(=O)(=O)[O-]. The summed E-state index contributed by atoms with van der Waals surface area (Å²) >= 11 is 0. The summed E-state index contributed by atoms with van der Waals surface area (Å²) in [6.07, 6.45) is -0.988. The molecule has 0 aliphatic heterocycles. The van der Waals surface area contributed by atoms with Crippen LogP contribution in [0, 0.1) is 0 Å². The van der Waals surface area contributed by atoms with E-state index in [1.807, 2.05) is 66.7 Å². The Bertz CT molecular complexity index is 1560. The maximum absolute atomic E-state index is 11.9. The lowest BCUT2D eigenvalue weighted by molar-refractivity contribution is -0.329. The molecule has 206 valence electrons. The second-order valence-corrected chi connectivity index (χ2v) is 8.94. The number of amides is 2. The van der Waals surface area contributed by atoms with Crippen molar-refractivity contribution in [1.82, 2.24) is 0 Å². The fraction of sp³-hybridized carbons (Fsp3) is 0.222.